The van der Waals surface area contributed by atoms with Crippen molar-refractivity contribution >= 4 is 27.3 Å². The van der Waals surface area contributed by atoms with Crippen LogP contribution in [0.5, 0.6) is 5.75 Å². The van der Waals surface area contributed by atoms with Crippen LogP contribution in [-0.4, -0.2) is 21.9 Å². The van der Waals surface area contributed by atoms with Gasteiger partial charge in [-0.05, 0) is 49.8 Å². The third kappa shape index (κ3) is 3.41. The predicted octanol–water partition coefficient (Wildman–Crippen LogP) is 3.86. The normalized spacial score (nSPS) is 16.3. The van der Waals surface area contributed by atoms with Crippen molar-refractivity contribution in [3.05, 3.63) is 57.0 Å². The number of rotatable bonds is 5. The number of carbonyl (C=O) groups excluding carboxylic acids is 1. The summed E-state index contributed by atoms with van der Waals surface area (Å²) in [5.41, 5.74) is 1.76. The van der Waals surface area contributed by atoms with E-state index in [2.05, 4.69) is 11.9 Å². The number of nitrogens with zero attached hydrogens (tertiary/aromatic N) is 2. The fourth-order valence-electron chi connectivity index (χ4n) is 3.66. The summed E-state index contributed by atoms with van der Waals surface area (Å²) in [6.07, 6.45) is 4.73. The topological polar surface area (TPSA) is 61.2 Å². The SMILES string of the molecule is CC(=O)c1ccccc1OCCn1cnc2sc3c(c2c1=O)CCC(C)C3. The number of aromatic nitrogens is 2. The minimum atomic E-state index is -0.0371. The highest BCUT2D eigenvalue weighted by Gasteiger charge is 2.23. The second-order valence-corrected chi connectivity index (χ2v) is 8.26. The van der Waals surface area contributed by atoms with Gasteiger partial charge < -0.3 is 4.74 Å². The van der Waals surface area contributed by atoms with Crippen LogP contribution in [-0.2, 0) is 19.4 Å². The van der Waals surface area contributed by atoms with Crippen LogP contribution in [0.15, 0.2) is 35.4 Å². The number of para-hydroxylation sites is 1. The molecule has 5 nitrogen and oxygen atoms in total. The van der Waals surface area contributed by atoms with Gasteiger partial charge in [-0.2, -0.15) is 0 Å². The van der Waals surface area contributed by atoms with Crippen LogP contribution in [0.3, 0.4) is 0 Å². The molecule has 0 aliphatic heterocycles. The number of benzene rings is 1. The number of ether oxygens (including phenoxy) is 1. The highest BCUT2D eigenvalue weighted by Crippen LogP contribution is 2.35. The van der Waals surface area contributed by atoms with Crippen LogP contribution in [0.25, 0.3) is 10.2 Å². The fourth-order valence-corrected chi connectivity index (χ4v) is 5.00. The monoisotopic (exact) mass is 382 g/mol. The number of hydrogen-bond donors (Lipinski definition) is 0. The van der Waals surface area contributed by atoms with Crippen LogP contribution in [0.2, 0.25) is 0 Å². The Labute approximate surface area is 161 Å². The van der Waals surface area contributed by atoms with Crippen LogP contribution in [0, 0.1) is 5.92 Å². The second kappa shape index (κ2) is 7.27. The smallest absolute Gasteiger partial charge is 0.262 e. The van der Waals surface area contributed by atoms with E-state index in [1.165, 1.54) is 17.4 Å². The summed E-state index contributed by atoms with van der Waals surface area (Å²) in [7, 11) is 0. The van der Waals surface area contributed by atoms with Gasteiger partial charge in [-0.1, -0.05) is 19.1 Å². The number of thiophene rings is 1. The van der Waals surface area contributed by atoms with Crippen LogP contribution in [0.4, 0.5) is 0 Å². The van der Waals surface area contributed by atoms with Crippen LogP contribution >= 0.6 is 11.3 Å². The zero-order valence-corrected chi connectivity index (χ0v) is 16.3. The highest BCUT2D eigenvalue weighted by atomic mass is 32.1. The van der Waals surface area contributed by atoms with Crippen molar-refractivity contribution in [2.45, 2.75) is 39.7 Å². The summed E-state index contributed by atoms with van der Waals surface area (Å²) in [5.74, 6) is 1.18. The number of fused-ring (bicyclic) bond motifs is 3. The van der Waals surface area contributed by atoms with E-state index in [1.807, 2.05) is 12.1 Å². The molecule has 1 aliphatic carbocycles. The molecular weight excluding hydrogens is 360 g/mol. The Hall–Kier alpha value is -2.47. The highest BCUT2D eigenvalue weighted by molar-refractivity contribution is 7.18. The Balaban J connectivity index is 1.56. The van der Waals surface area contributed by atoms with Gasteiger partial charge in [0.15, 0.2) is 5.78 Å². The fraction of sp³-hybridized carbons (Fsp3) is 0.381. The molecule has 1 unspecified atom stereocenters. The van der Waals surface area contributed by atoms with Crippen molar-refractivity contribution < 1.29 is 9.53 Å². The van der Waals surface area contributed by atoms with E-state index in [4.69, 9.17) is 4.74 Å². The molecule has 1 aromatic carbocycles. The van der Waals surface area contributed by atoms with Gasteiger partial charge in [0.1, 0.15) is 17.2 Å². The van der Waals surface area contributed by atoms with Crippen molar-refractivity contribution in [3.8, 4) is 5.75 Å². The minimum Gasteiger partial charge on any atom is -0.491 e. The third-order valence-corrected chi connectivity index (χ3v) is 6.30. The molecule has 0 spiro atoms. The molecule has 0 radical (unpaired) electrons. The first-order valence-corrected chi connectivity index (χ1v) is 10.1. The summed E-state index contributed by atoms with van der Waals surface area (Å²) < 4.78 is 7.39. The Bertz CT molecular complexity index is 1070. The number of Topliss-reactive ketones (excluding diaryl/α,β-unsaturated/α-hetero) is 1. The lowest BCUT2D eigenvalue weighted by Crippen LogP contribution is -2.24. The standard InChI is InChI=1S/C21H22N2O3S/c1-13-7-8-16-18(11-13)27-20-19(16)21(25)23(12-22-20)9-10-26-17-6-4-3-5-15(17)14(2)24/h3-6,12-13H,7-11H2,1-2H3. The van der Waals surface area contributed by atoms with Crippen molar-refractivity contribution in [2.24, 2.45) is 5.92 Å². The molecule has 3 aromatic rings. The lowest BCUT2D eigenvalue weighted by atomic mass is 9.89. The van der Waals surface area contributed by atoms with E-state index in [9.17, 15) is 9.59 Å². The minimum absolute atomic E-state index is 0.00973. The molecule has 0 amide bonds. The summed E-state index contributed by atoms with van der Waals surface area (Å²) in [6.45, 7) is 4.48. The van der Waals surface area contributed by atoms with E-state index in [1.54, 1.807) is 34.4 Å². The van der Waals surface area contributed by atoms with Gasteiger partial charge in [0, 0.05) is 4.88 Å². The van der Waals surface area contributed by atoms with Gasteiger partial charge in [0.05, 0.1) is 23.8 Å². The Morgan fingerprint density at radius 2 is 2.19 bits per heavy atom. The lowest BCUT2D eigenvalue weighted by molar-refractivity contribution is 0.101. The number of ketones is 1. The van der Waals surface area contributed by atoms with Crippen LogP contribution < -0.4 is 10.3 Å². The molecule has 0 bridgehead atoms. The molecule has 1 atom stereocenters. The first-order chi connectivity index (χ1) is 13.0. The maximum atomic E-state index is 13.0. The van der Waals surface area contributed by atoms with Crippen molar-refractivity contribution in [3.63, 3.8) is 0 Å². The average molecular weight is 382 g/mol. The number of aryl methyl sites for hydroxylation is 1. The molecule has 0 saturated carbocycles. The number of carbonyl (C=O) groups is 1. The third-order valence-electron chi connectivity index (χ3n) is 5.14. The zero-order valence-electron chi connectivity index (χ0n) is 15.5. The molecule has 140 valence electrons. The first-order valence-electron chi connectivity index (χ1n) is 9.27. The lowest BCUT2D eigenvalue weighted by Gasteiger charge is -2.17. The molecule has 0 fully saturated rings. The maximum absolute atomic E-state index is 13.0. The maximum Gasteiger partial charge on any atom is 0.262 e. The van der Waals surface area contributed by atoms with Crippen molar-refractivity contribution in [1.82, 2.24) is 9.55 Å². The summed E-state index contributed by atoms with van der Waals surface area (Å²) in [4.78, 5) is 31.3. The predicted molar refractivity (Wildman–Crippen MR) is 107 cm³/mol. The largest absolute Gasteiger partial charge is 0.491 e. The number of hydrogen-bond acceptors (Lipinski definition) is 5. The summed E-state index contributed by atoms with van der Waals surface area (Å²) in [5, 5.41) is 0.786. The van der Waals surface area contributed by atoms with E-state index in [0.29, 0.717) is 30.4 Å². The Morgan fingerprint density at radius 1 is 1.37 bits per heavy atom. The Kier molecular flexibility index (Phi) is 4.83. The van der Waals surface area contributed by atoms with Crippen molar-refractivity contribution in [2.75, 3.05) is 6.61 Å². The molecule has 6 heteroatoms. The van der Waals surface area contributed by atoms with Crippen molar-refractivity contribution in [1.29, 1.82) is 0 Å². The van der Waals surface area contributed by atoms with Gasteiger partial charge in [-0.15, -0.1) is 11.3 Å². The van der Waals surface area contributed by atoms with Gasteiger partial charge in [-0.3, -0.25) is 14.2 Å². The van der Waals surface area contributed by atoms with Gasteiger partial charge in [0.25, 0.3) is 5.56 Å². The molecule has 2 heterocycles. The van der Waals surface area contributed by atoms with E-state index in [-0.39, 0.29) is 11.3 Å². The molecule has 1 aliphatic rings. The van der Waals surface area contributed by atoms with Gasteiger partial charge in [0.2, 0.25) is 0 Å². The summed E-state index contributed by atoms with van der Waals surface area (Å²) in [6, 6.07) is 7.17. The van der Waals surface area contributed by atoms with Gasteiger partial charge in [-0.25, -0.2) is 4.98 Å². The molecule has 0 saturated heterocycles. The van der Waals surface area contributed by atoms with Crippen LogP contribution in [0.1, 0.15) is 41.1 Å². The van der Waals surface area contributed by atoms with E-state index < -0.39 is 0 Å². The quantitative estimate of drug-likeness (QED) is 0.629. The van der Waals surface area contributed by atoms with E-state index >= 15 is 0 Å². The average Bonchev–Trinajstić information content (AvgIpc) is 3.02. The summed E-state index contributed by atoms with van der Waals surface area (Å²) >= 11 is 1.66. The second-order valence-electron chi connectivity index (χ2n) is 7.18. The Morgan fingerprint density at radius 3 is 3.00 bits per heavy atom. The first kappa shape index (κ1) is 17.9. The van der Waals surface area contributed by atoms with Gasteiger partial charge >= 0.3 is 0 Å². The molecule has 27 heavy (non-hydrogen) atoms. The molecular formula is C21H22N2O3S. The molecule has 4 rings (SSSR count). The molecule has 0 N–H and O–H groups in total. The zero-order chi connectivity index (χ0) is 19.0. The molecule has 2 aromatic heterocycles. The van der Waals surface area contributed by atoms with E-state index in [0.717, 1.165) is 29.5 Å².